The van der Waals surface area contributed by atoms with E-state index < -0.39 is 59.9 Å². The molecule has 4 atom stereocenters. The van der Waals surface area contributed by atoms with Crippen LogP contribution in [-0.4, -0.2) is 36.3 Å². The molecule has 24 heavy (non-hydrogen) atoms. The Morgan fingerprint density at radius 1 is 0.417 bits per heavy atom. The van der Waals surface area contributed by atoms with E-state index in [0.29, 0.717) is 0 Å². The summed E-state index contributed by atoms with van der Waals surface area (Å²) in [4.78, 5) is 22.6. The lowest BCUT2D eigenvalue weighted by molar-refractivity contribution is -0.285. The van der Waals surface area contributed by atoms with E-state index in [1.54, 1.807) is 0 Å². The Bertz CT molecular complexity index is 430. The van der Waals surface area contributed by atoms with Gasteiger partial charge >= 0.3 is 24.7 Å². The van der Waals surface area contributed by atoms with E-state index in [9.17, 15) is 62.3 Å². The van der Waals surface area contributed by atoms with Gasteiger partial charge in [-0.25, -0.2) is 0 Å². The van der Waals surface area contributed by atoms with Gasteiger partial charge in [0.2, 0.25) is 0 Å². The Kier molecular flexibility index (Phi) is 4.72. The molecule has 0 N–H and O–H groups in total. The topological polar surface area (TPSA) is 34.1 Å². The van der Waals surface area contributed by atoms with Gasteiger partial charge in [-0.15, -0.1) is 0 Å². The van der Waals surface area contributed by atoms with Gasteiger partial charge < -0.3 is 0 Å². The molecule has 0 bridgehead atoms. The smallest absolute Gasteiger partial charge is 0.298 e. The predicted octanol–water partition coefficient (Wildman–Crippen LogP) is 3.85. The third kappa shape index (κ3) is 3.61. The summed E-state index contributed by atoms with van der Waals surface area (Å²) in [6, 6.07) is 0. The van der Waals surface area contributed by atoms with E-state index in [1.165, 1.54) is 0 Å². The minimum Gasteiger partial charge on any atom is -0.298 e. The average molecular weight is 384 g/mol. The number of carbonyl (C=O) groups is 2. The van der Waals surface area contributed by atoms with Gasteiger partial charge in [-0.2, -0.15) is 52.7 Å². The Morgan fingerprint density at radius 2 is 0.542 bits per heavy atom. The highest BCUT2D eigenvalue weighted by Gasteiger charge is 2.75. The van der Waals surface area contributed by atoms with Gasteiger partial charge in [0, 0.05) is 0 Å². The highest BCUT2D eigenvalue weighted by molar-refractivity contribution is 6.01. The third-order valence-corrected chi connectivity index (χ3v) is 3.30. The maximum atomic E-state index is 12.6. The summed E-state index contributed by atoms with van der Waals surface area (Å²) in [5.41, 5.74) is 0. The zero-order chi connectivity index (χ0) is 19.5. The Labute approximate surface area is 123 Å². The fraction of sp³-hybridized carbons (Fsp3) is 0.800. The molecule has 0 aromatic heterocycles. The maximum Gasteiger partial charge on any atom is 0.399 e. The van der Waals surface area contributed by atoms with E-state index >= 15 is 0 Å². The summed E-state index contributed by atoms with van der Waals surface area (Å²) in [6.07, 6.45) is -25.2. The molecule has 0 heterocycles. The number of hydrogen-bond donors (Lipinski definition) is 0. The van der Waals surface area contributed by atoms with Gasteiger partial charge in [-0.1, -0.05) is 0 Å². The summed E-state index contributed by atoms with van der Waals surface area (Å²) in [5, 5.41) is 0. The quantitative estimate of drug-likeness (QED) is 0.595. The molecule has 1 rings (SSSR count). The second-order valence-corrected chi connectivity index (χ2v) is 4.88. The van der Waals surface area contributed by atoms with Crippen molar-refractivity contribution < 1.29 is 62.3 Å². The molecule has 1 aliphatic carbocycles. The lowest BCUT2D eigenvalue weighted by atomic mass is 9.65. The van der Waals surface area contributed by atoms with Crippen LogP contribution < -0.4 is 0 Å². The molecule has 0 aromatic carbocycles. The van der Waals surface area contributed by atoms with E-state index in [1.807, 2.05) is 0 Å². The summed E-state index contributed by atoms with van der Waals surface area (Å²) < 4.78 is 151. The molecule has 0 spiro atoms. The van der Waals surface area contributed by atoms with Gasteiger partial charge in [-0.3, -0.25) is 9.59 Å². The number of ketones is 2. The molecule has 1 saturated carbocycles. The van der Waals surface area contributed by atoms with Gasteiger partial charge in [0.1, 0.15) is 23.7 Å². The van der Waals surface area contributed by atoms with Crippen LogP contribution in [0.15, 0.2) is 0 Å². The molecule has 14 heteroatoms. The number of carbonyl (C=O) groups excluding carboxylic acids is 2. The lowest BCUT2D eigenvalue weighted by Crippen LogP contribution is -2.63. The molecule has 0 radical (unpaired) electrons. The van der Waals surface area contributed by atoms with E-state index in [4.69, 9.17) is 0 Å². The molecule has 0 aliphatic heterocycles. The van der Waals surface area contributed by atoms with E-state index in [2.05, 4.69) is 0 Å². The Morgan fingerprint density at radius 3 is 0.625 bits per heavy atom. The monoisotopic (exact) mass is 384 g/mol. The maximum absolute atomic E-state index is 12.6. The molecule has 0 amide bonds. The van der Waals surface area contributed by atoms with Crippen LogP contribution in [0, 0.1) is 23.7 Å². The fourth-order valence-corrected chi connectivity index (χ4v) is 2.45. The van der Waals surface area contributed by atoms with Gasteiger partial charge in [0.05, 0.1) is 0 Å². The normalized spacial score (nSPS) is 30.7. The predicted molar refractivity (Wildman–Crippen MR) is 48.2 cm³/mol. The van der Waals surface area contributed by atoms with Crippen molar-refractivity contribution in [2.24, 2.45) is 23.7 Å². The molecule has 2 nitrogen and oxygen atoms in total. The zero-order valence-electron chi connectivity index (χ0n) is 10.7. The van der Waals surface area contributed by atoms with Gasteiger partial charge in [-0.05, 0) is 0 Å². The van der Waals surface area contributed by atoms with Crippen molar-refractivity contribution >= 4 is 11.6 Å². The summed E-state index contributed by atoms with van der Waals surface area (Å²) in [7, 11) is 0. The highest BCUT2D eigenvalue weighted by atomic mass is 19.4. The van der Waals surface area contributed by atoms with Gasteiger partial charge in [0.25, 0.3) is 0 Å². The van der Waals surface area contributed by atoms with E-state index in [0.717, 1.165) is 0 Å². The average Bonchev–Trinajstić information content (AvgIpc) is 2.24. The summed E-state index contributed by atoms with van der Waals surface area (Å²) in [6.45, 7) is 0. The second kappa shape index (κ2) is 5.51. The largest absolute Gasteiger partial charge is 0.399 e. The van der Waals surface area contributed by atoms with Crippen LogP contribution in [0.3, 0.4) is 0 Å². The Hall–Kier alpha value is -1.50. The summed E-state index contributed by atoms with van der Waals surface area (Å²) >= 11 is 0. The molecular weight excluding hydrogens is 380 g/mol. The van der Waals surface area contributed by atoms with Crippen molar-refractivity contribution in [3.63, 3.8) is 0 Å². The van der Waals surface area contributed by atoms with Crippen molar-refractivity contribution in [1.29, 1.82) is 0 Å². The first-order valence-corrected chi connectivity index (χ1v) is 5.65. The number of rotatable bonds is 0. The lowest BCUT2D eigenvalue weighted by Gasteiger charge is -2.41. The van der Waals surface area contributed by atoms with Crippen molar-refractivity contribution in [3.8, 4) is 0 Å². The minimum absolute atomic E-state index is 3.39. The SMILES string of the molecule is O=C1C(C(F)(F)F)C(C(F)(F)F)C(=O)C(C(F)(F)F)C1C(F)(F)F. The van der Waals surface area contributed by atoms with Crippen LogP contribution in [0.1, 0.15) is 0 Å². The van der Waals surface area contributed by atoms with Crippen LogP contribution in [0.5, 0.6) is 0 Å². The molecule has 140 valence electrons. The molecule has 0 saturated heterocycles. The van der Waals surface area contributed by atoms with Crippen LogP contribution in [0.25, 0.3) is 0 Å². The standard InChI is InChI=1S/C10H4F12O2/c11-7(12,13)1-2(8(14,15)16)6(24)4(10(20,21)22)3(5(1)23)9(17,18)19/h1-4H. The molecule has 4 unspecified atom stereocenters. The van der Waals surface area contributed by atoms with Crippen LogP contribution in [-0.2, 0) is 9.59 Å². The van der Waals surface area contributed by atoms with E-state index in [-0.39, 0.29) is 0 Å². The van der Waals surface area contributed by atoms with Crippen molar-refractivity contribution in [2.45, 2.75) is 24.7 Å². The molecular formula is C10H4F12O2. The summed E-state index contributed by atoms with van der Waals surface area (Å²) in [5.74, 6) is -25.0. The first-order chi connectivity index (χ1) is 10.3. The van der Waals surface area contributed by atoms with Crippen LogP contribution >= 0.6 is 0 Å². The minimum atomic E-state index is -6.30. The number of Topliss-reactive ketones (excluding diaryl/α,β-unsaturated/α-hetero) is 2. The fourth-order valence-electron chi connectivity index (χ4n) is 2.45. The molecule has 1 aliphatic rings. The first-order valence-electron chi connectivity index (χ1n) is 5.65. The van der Waals surface area contributed by atoms with Crippen LogP contribution in [0.4, 0.5) is 52.7 Å². The van der Waals surface area contributed by atoms with Crippen molar-refractivity contribution in [2.75, 3.05) is 0 Å². The molecule has 1 fully saturated rings. The highest BCUT2D eigenvalue weighted by Crippen LogP contribution is 2.54. The Balaban J connectivity index is 3.69. The van der Waals surface area contributed by atoms with Crippen molar-refractivity contribution in [3.05, 3.63) is 0 Å². The molecule has 0 aromatic rings. The van der Waals surface area contributed by atoms with Crippen molar-refractivity contribution in [1.82, 2.24) is 0 Å². The van der Waals surface area contributed by atoms with Crippen LogP contribution in [0.2, 0.25) is 0 Å². The zero-order valence-corrected chi connectivity index (χ0v) is 10.7. The number of halogens is 12. The number of alkyl halides is 12. The second-order valence-electron chi connectivity index (χ2n) is 4.88. The first kappa shape index (κ1) is 20.5. The number of hydrogen-bond acceptors (Lipinski definition) is 2. The van der Waals surface area contributed by atoms with Gasteiger partial charge in [0.15, 0.2) is 11.6 Å². The third-order valence-electron chi connectivity index (χ3n) is 3.30.